The zero-order valence-electron chi connectivity index (χ0n) is 8.09. The Hall–Kier alpha value is -0.530. The Balaban J connectivity index is 2.55. The van der Waals surface area contributed by atoms with Crippen molar-refractivity contribution in [1.82, 2.24) is 0 Å². The topological polar surface area (TPSA) is 9.23 Å². The summed E-state index contributed by atoms with van der Waals surface area (Å²) in [5.74, 6) is 0. The second-order valence-corrected chi connectivity index (χ2v) is 3.50. The molecule has 0 spiro atoms. The summed E-state index contributed by atoms with van der Waals surface area (Å²) in [6.45, 7) is 4.97. The lowest BCUT2D eigenvalue weighted by Gasteiger charge is -2.12. The van der Waals surface area contributed by atoms with E-state index in [1.165, 1.54) is 5.56 Å². The largest absolute Gasteiger partial charge is 0.374 e. The Morgan fingerprint density at radius 1 is 1.31 bits per heavy atom. The molecule has 0 aromatic heterocycles. The number of halogens is 1. The van der Waals surface area contributed by atoms with Crippen LogP contribution in [0.4, 0.5) is 0 Å². The number of ether oxygens (including phenoxy) is 1. The van der Waals surface area contributed by atoms with Gasteiger partial charge in [0.15, 0.2) is 0 Å². The summed E-state index contributed by atoms with van der Waals surface area (Å²) < 4.78 is 5.57. The van der Waals surface area contributed by atoms with Crippen LogP contribution in [-0.4, -0.2) is 6.61 Å². The fourth-order valence-corrected chi connectivity index (χ4v) is 1.25. The van der Waals surface area contributed by atoms with Crippen molar-refractivity contribution in [3.8, 4) is 0 Å². The normalized spacial score (nSPS) is 12.8. The Morgan fingerprint density at radius 3 is 2.46 bits per heavy atom. The SMILES string of the molecule is CCCOC(C)c1ccc(Cl)cc1. The number of benzene rings is 1. The van der Waals surface area contributed by atoms with E-state index in [1.54, 1.807) is 0 Å². The quantitative estimate of drug-likeness (QED) is 0.715. The molecule has 0 N–H and O–H groups in total. The summed E-state index contributed by atoms with van der Waals surface area (Å²) in [7, 11) is 0. The molecule has 13 heavy (non-hydrogen) atoms. The van der Waals surface area contributed by atoms with Crippen molar-refractivity contribution in [1.29, 1.82) is 0 Å². The van der Waals surface area contributed by atoms with Crippen LogP contribution in [-0.2, 0) is 4.74 Å². The van der Waals surface area contributed by atoms with Crippen LogP contribution in [0.1, 0.15) is 31.9 Å². The average Bonchev–Trinajstić information content (AvgIpc) is 2.15. The Kier molecular flexibility index (Phi) is 4.26. The zero-order chi connectivity index (χ0) is 9.68. The van der Waals surface area contributed by atoms with Gasteiger partial charge in [0.05, 0.1) is 6.10 Å². The van der Waals surface area contributed by atoms with Crippen LogP contribution in [0.15, 0.2) is 24.3 Å². The maximum atomic E-state index is 5.78. The lowest BCUT2D eigenvalue weighted by Crippen LogP contribution is -2.00. The molecule has 1 rings (SSSR count). The molecular formula is C11H15ClO. The highest BCUT2D eigenvalue weighted by Gasteiger charge is 2.03. The molecule has 0 aliphatic heterocycles. The fraction of sp³-hybridized carbons (Fsp3) is 0.455. The van der Waals surface area contributed by atoms with Crippen LogP contribution in [0, 0.1) is 0 Å². The van der Waals surface area contributed by atoms with Gasteiger partial charge in [0, 0.05) is 11.6 Å². The summed E-state index contributed by atoms with van der Waals surface area (Å²) in [4.78, 5) is 0. The molecule has 72 valence electrons. The van der Waals surface area contributed by atoms with Gasteiger partial charge in [0.25, 0.3) is 0 Å². The molecule has 1 unspecified atom stereocenters. The maximum absolute atomic E-state index is 5.78. The smallest absolute Gasteiger partial charge is 0.0796 e. The zero-order valence-corrected chi connectivity index (χ0v) is 8.84. The summed E-state index contributed by atoms with van der Waals surface area (Å²) >= 11 is 5.78. The van der Waals surface area contributed by atoms with Crippen molar-refractivity contribution in [2.75, 3.05) is 6.61 Å². The van der Waals surface area contributed by atoms with Crippen molar-refractivity contribution in [3.05, 3.63) is 34.9 Å². The number of hydrogen-bond donors (Lipinski definition) is 0. The third kappa shape index (κ3) is 3.37. The van der Waals surface area contributed by atoms with Gasteiger partial charge in [0.1, 0.15) is 0 Å². The first-order chi connectivity index (χ1) is 6.24. The third-order valence-corrected chi connectivity index (χ3v) is 2.16. The molecule has 1 aromatic rings. The molecule has 0 bridgehead atoms. The predicted octanol–water partition coefficient (Wildman–Crippen LogP) is 3.83. The van der Waals surface area contributed by atoms with E-state index in [2.05, 4.69) is 13.8 Å². The lowest BCUT2D eigenvalue weighted by molar-refractivity contribution is 0.0663. The minimum atomic E-state index is 0.164. The highest BCUT2D eigenvalue weighted by molar-refractivity contribution is 6.30. The minimum Gasteiger partial charge on any atom is -0.374 e. The Morgan fingerprint density at radius 2 is 1.92 bits per heavy atom. The third-order valence-electron chi connectivity index (χ3n) is 1.91. The Bertz CT molecular complexity index is 243. The van der Waals surface area contributed by atoms with E-state index in [9.17, 15) is 0 Å². The van der Waals surface area contributed by atoms with E-state index in [4.69, 9.17) is 16.3 Å². The molecule has 0 aliphatic rings. The van der Waals surface area contributed by atoms with Crippen LogP contribution >= 0.6 is 11.6 Å². The van der Waals surface area contributed by atoms with Crippen LogP contribution in [0.5, 0.6) is 0 Å². The van der Waals surface area contributed by atoms with Crippen molar-refractivity contribution in [2.24, 2.45) is 0 Å². The number of rotatable bonds is 4. The maximum Gasteiger partial charge on any atom is 0.0796 e. The van der Waals surface area contributed by atoms with Crippen LogP contribution in [0.3, 0.4) is 0 Å². The summed E-state index contributed by atoms with van der Waals surface area (Å²) in [5.41, 5.74) is 1.18. The summed E-state index contributed by atoms with van der Waals surface area (Å²) in [6, 6.07) is 7.79. The molecule has 2 heteroatoms. The first-order valence-electron chi connectivity index (χ1n) is 4.61. The minimum absolute atomic E-state index is 0.164. The molecule has 0 heterocycles. The van der Waals surface area contributed by atoms with Gasteiger partial charge in [-0.1, -0.05) is 30.7 Å². The van der Waals surface area contributed by atoms with E-state index in [0.717, 1.165) is 18.1 Å². The van der Waals surface area contributed by atoms with Crippen molar-refractivity contribution in [3.63, 3.8) is 0 Å². The van der Waals surface area contributed by atoms with E-state index in [1.807, 2.05) is 24.3 Å². The number of hydrogen-bond acceptors (Lipinski definition) is 1. The molecule has 1 aromatic carbocycles. The first-order valence-corrected chi connectivity index (χ1v) is 4.99. The lowest BCUT2D eigenvalue weighted by atomic mass is 10.1. The monoisotopic (exact) mass is 198 g/mol. The second kappa shape index (κ2) is 5.25. The standard InChI is InChI=1S/C11H15ClO/c1-3-8-13-9(2)10-4-6-11(12)7-5-10/h4-7,9H,3,8H2,1-2H3. The average molecular weight is 199 g/mol. The van der Waals surface area contributed by atoms with Crippen molar-refractivity contribution < 1.29 is 4.74 Å². The van der Waals surface area contributed by atoms with Crippen molar-refractivity contribution >= 4 is 11.6 Å². The van der Waals surface area contributed by atoms with Gasteiger partial charge in [-0.25, -0.2) is 0 Å². The molecule has 0 saturated heterocycles. The molecule has 0 aliphatic carbocycles. The molecule has 0 fully saturated rings. The summed E-state index contributed by atoms with van der Waals surface area (Å²) in [6.07, 6.45) is 1.22. The predicted molar refractivity (Wildman–Crippen MR) is 56.1 cm³/mol. The van der Waals surface area contributed by atoms with Gasteiger partial charge in [0.2, 0.25) is 0 Å². The van der Waals surface area contributed by atoms with Gasteiger partial charge >= 0.3 is 0 Å². The highest BCUT2D eigenvalue weighted by atomic mass is 35.5. The molecule has 0 saturated carbocycles. The Labute approximate surface area is 84.7 Å². The van der Waals surface area contributed by atoms with Gasteiger partial charge in [-0.3, -0.25) is 0 Å². The molecule has 0 radical (unpaired) electrons. The molecule has 1 atom stereocenters. The van der Waals surface area contributed by atoms with E-state index >= 15 is 0 Å². The van der Waals surface area contributed by atoms with Crippen LogP contribution < -0.4 is 0 Å². The van der Waals surface area contributed by atoms with Crippen LogP contribution in [0.2, 0.25) is 5.02 Å². The summed E-state index contributed by atoms with van der Waals surface area (Å²) in [5, 5.41) is 0.770. The van der Waals surface area contributed by atoms with E-state index in [0.29, 0.717) is 0 Å². The van der Waals surface area contributed by atoms with E-state index < -0.39 is 0 Å². The fourth-order valence-electron chi connectivity index (χ4n) is 1.12. The van der Waals surface area contributed by atoms with Crippen molar-refractivity contribution in [2.45, 2.75) is 26.4 Å². The van der Waals surface area contributed by atoms with Gasteiger partial charge < -0.3 is 4.74 Å². The van der Waals surface area contributed by atoms with Gasteiger partial charge in [-0.05, 0) is 31.0 Å². The first kappa shape index (κ1) is 10.6. The second-order valence-electron chi connectivity index (χ2n) is 3.06. The van der Waals surface area contributed by atoms with Gasteiger partial charge in [-0.15, -0.1) is 0 Å². The molecule has 1 nitrogen and oxygen atoms in total. The van der Waals surface area contributed by atoms with Gasteiger partial charge in [-0.2, -0.15) is 0 Å². The van der Waals surface area contributed by atoms with Crippen LogP contribution in [0.25, 0.3) is 0 Å². The molecule has 0 amide bonds. The molecular weight excluding hydrogens is 184 g/mol. The van der Waals surface area contributed by atoms with E-state index in [-0.39, 0.29) is 6.10 Å². The highest BCUT2D eigenvalue weighted by Crippen LogP contribution is 2.18.